The molecule has 1 aromatic carbocycles. The fraction of sp³-hybridized carbons (Fsp3) is 0.727. The van der Waals surface area contributed by atoms with Crippen molar-refractivity contribution in [3.05, 3.63) is 23.3 Å². The zero-order valence-electron chi connectivity index (χ0n) is 16.5. The van der Waals surface area contributed by atoms with Gasteiger partial charge in [-0.25, -0.2) is 0 Å². The Morgan fingerprint density at radius 3 is 2.93 bits per heavy atom. The molecule has 6 nitrogen and oxygen atoms in total. The Balaban J connectivity index is 1.50. The van der Waals surface area contributed by atoms with E-state index in [-0.39, 0.29) is 25.0 Å². The Morgan fingerprint density at radius 2 is 2.14 bits per heavy atom. The third-order valence-electron chi connectivity index (χ3n) is 8.13. The van der Waals surface area contributed by atoms with Crippen molar-refractivity contribution in [2.24, 2.45) is 11.7 Å². The van der Waals surface area contributed by atoms with Crippen LogP contribution >= 0.6 is 0 Å². The summed E-state index contributed by atoms with van der Waals surface area (Å²) in [5.74, 6) is 2.32. The number of rotatable bonds is 5. The number of hydrogen-bond donors (Lipinski definition) is 2. The lowest BCUT2D eigenvalue weighted by molar-refractivity contribution is -0.189. The first kappa shape index (κ1) is 17.5. The summed E-state index contributed by atoms with van der Waals surface area (Å²) in [4.78, 5) is 2.58. The van der Waals surface area contributed by atoms with Crippen molar-refractivity contribution in [3.8, 4) is 11.5 Å². The first-order valence-electron chi connectivity index (χ1n) is 10.8. The lowest BCUT2D eigenvalue weighted by Crippen LogP contribution is -2.77. The van der Waals surface area contributed by atoms with E-state index in [2.05, 4.69) is 11.0 Å². The van der Waals surface area contributed by atoms with Gasteiger partial charge in [-0.15, -0.1) is 0 Å². The standard InChI is InChI=1S/C22H30N2O4/c1-26-12-27-16-5-4-14-10-17-22(25)7-6-15(23)20-21(22,18(14)19(16)28-20)8-9-24(17)11-13-2-3-13/h4-5,13,15,17,20,25H,2-3,6-12,23H2,1H3/t15?,17-,20?,21+,22-/m1/s1. The maximum absolute atomic E-state index is 12.3. The third-order valence-corrected chi connectivity index (χ3v) is 8.13. The first-order valence-corrected chi connectivity index (χ1v) is 10.8. The Kier molecular flexibility index (Phi) is 3.66. The first-order chi connectivity index (χ1) is 13.6. The second kappa shape index (κ2) is 5.85. The number of benzene rings is 1. The van der Waals surface area contributed by atoms with E-state index in [4.69, 9.17) is 19.9 Å². The van der Waals surface area contributed by atoms with E-state index < -0.39 is 11.0 Å². The van der Waals surface area contributed by atoms with Crippen molar-refractivity contribution < 1.29 is 19.3 Å². The van der Waals surface area contributed by atoms with Crippen molar-refractivity contribution in [1.82, 2.24) is 4.90 Å². The lowest BCUT2D eigenvalue weighted by Gasteiger charge is -2.64. The quantitative estimate of drug-likeness (QED) is 0.748. The number of ether oxygens (including phenoxy) is 3. The van der Waals surface area contributed by atoms with Crippen molar-refractivity contribution in [3.63, 3.8) is 0 Å². The van der Waals surface area contributed by atoms with E-state index in [1.54, 1.807) is 7.11 Å². The summed E-state index contributed by atoms with van der Waals surface area (Å²) in [6.07, 6.45) is 5.82. The predicted molar refractivity (Wildman–Crippen MR) is 104 cm³/mol. The molecule has 5 aliphatic rings. The second-order valence-corrected chi connectivity index (χ2v) is 9.52. The molecule has 3 aliphatic carbocycles. The maximum atomic E-state index is 12.3. The van der Waals surface area contributed by atoms with Gasteiger partial charge < -0.3 is 25.1 Å². The van der Waals surface area contributed by atoms with Crippen molar-refractivity contribution in [2.75, 3.05) is 27.0 Å². The van der Waals surface area contributed by atoms with Crippen molar-refractivity contribution in [1.29, 1.82) is 0 Å². The monoisotopic (exact) mass is 386 g/mol. The Hall–Kier alpha value is -1.34. The molecule has 2 heterocycles. The molecule has 5 atom stereocenters. The second-order valence-electron chi connectivity index (χ2n) is 9.52. The van der Waals surface area contributed by atoms with Gasteiger partial charge in [-0.3, -0.25) is 4.90 Å². The molecule has 28 heavy (non-hydrogen) atoms. The van der Waals surface area contributed by atoms with Crippen LogP contribution in [0, 0.1) is 5.92 Å². The van der Waals surface area contributed by atoms with Crippen LogP contribution in [-0.2, 0) is 16.6 Å². The molecule has 1 spiro atoms. The smallest absolute Gasteiger partial charge is 0.188 e. The maximum Gasteiger partial charge on any atom is 0.188 e. The lowest BCUT2D eigenvalue weighted by atomic mass is 9.48. The van der Waals surface area contributed by atoms with E-state index >= 15 is 0 Å². The fourth-order valence-electron chi connectivity index (χ4n) is 6.75. The largest absolute Gasteiger partial charge is 0.484 e. The molecule has 2 bridgehead atoms. The highest BCUT2D eigenvalue weighted by Gasteiger charge is 2.72. The average Bonchev–Trinajstić information content (AvgIpc) is 3.42. The van der Waals surface area contributed by atoms with Crippen LogP contribution in [-0.4, -0.2) is 60.8 Å². The van der Waals surface area contributed by atoms with E-state index in [1.807, 2.05) is 6.07 Å². The normalized spacial score (nSPS) is 40.8. The highest BCUT2D eigenvalue weighted by molar-refractivity contribution is 5.63. The van der Waals surface area contributed by atoms with Gasteiger partial charge in [-0.2, -0.15) is 0 Å². The Bertz CT molecular complexity index is 812. The van der Waals surface area contributed by atoms with Gasteiger partial charge >= 0.3 is 0 Å². The van der Waals surface area contributed by atoms with Crippen molar-refractivity contribution in [2.45, 2.75) is 67.7 Å². The van der Waals surface area contributed by atoms with Crippen LogP contribution in [0.1, 0.15) is 43.2 Å². The summed E-state index contributed by atoms with van der Waals surface area (Å²) in [6, 6.07) is 4.26. The van der Waals surface area contributed by atoms with Crippen LogP contribution < -0.4 is 15.2 Å². The fourth-order valence-corrected chi connectivity index (χ4v) is 6.75. The van der Waals surface area contributed by atoms with Gasteiger partial charge in [0.05, 0.1) is 11.0 Å². The van der Waals surface area contributed by atoms with Gasteiger partial charge in [0, 0.05) is 31.3 Å². The summed E-state index contributed by atoms with van der Waals surface area (Å²) in [7, 11) is 1.62. The molecule has 0 radical (unpaired) electrons. The summed E-state index contributed by atoms with van der Waals surface area (Å²) in [5.41, 5.74) is 7.86. The molecule has 2 aliphatic heterocycles. The van der Waals surface area contributed by atoms with Gasteiger partial charge in [0.15, 0.2) is 18.3 Å². The van der Waals surface area contributed by atoms with E-state index in [0.717, 1.165) is 50.4 Å². The molecule has 3 N–H and O–H groups in total. The molecule has 6 rings (SSSR count). The molecule has 3 fully saturated rings. The van der Waals surface area contributed by atoms with Crippen LogP contribution in [0.15, 0.2) is 12.1 Å². The Labute approximate surface area is 165 Å². The number of nitrogens with zero attached hydrogens (tertiary/aromatic N) is 1. The van der Waals surface area contributed by atoms with Crippen LogP contribution in [0.3, 0.4) is 0 Å². The zero-order chi connectivity index (χ0) is 19.1. The van der Waals surface area contributed by atoms with E-state index in [9.17, 15) is 5.11 Å². The molecule has 1 aromatic rings. The summed E-state index contributed by atoms with van der Waals surface area (Å²) in [5, 5.41) is 12.3. The van der Waals surface area contributed by atoms with Gasteiger partial charge in [-0.05, 0) is 62.6 Å². The van der Waals surface area contributed by atoms with Gasteiger partial charge in [0.2, 0.25) is 0 Å². The minimum absolute atomic E-state index is 0.0652. The highest BCUT2D eigenvalue weighted by Crippen LogP contribution is 2.65. The number of likely N-dealkylation sites (tertiary alicyclic amines) is 1. The van der Waals surface area contributed by atoms with E-state index in [0.29, 0.717) is 5.75 Å². The SMILES string of the molecule is COCOc1ccc2c3c1OC1C(N)CC[C@@]4(O)[C@@H](C2)N(CC2CC2)CC[C@]314. The van der Waals surface area contributed by atoms with Crippen molar-refractivity contribution >= 4 is 0 Å². The average molecular weight is 386 g/mol. The number of aliphatic hydroxyl groups is 1. The van der Waals surface area contributed by atoms with Crippen LogP contribution in [0.5, 0.6) is 11.5 Å². The summed E-state index contributed by atoms with van der Waals surface area (Å²) in [6.45, 7) is 2.32. The molecule has 0 amide bonds. The van der Waals surface area contributed by atoms with Crippen LogP contribution in [0.4, 0.5) is 0 Å². The topological polar surface area (TPSA) is 77.2 Å². The number of hydrogen-bond acceptors (Lipinski definition) is 6. The minimum Gasteiger partial charge on any atom is -0.484 e. The summed E-state index contributed by atoms with van der Waals surface area (Å²) < 4.78 is 17.5. The molecule has 152 valence electrons. The molecule has 6 heteroatoms. The number of methoxy groups -OCH3 is 1. The van der Waals surface area contributed by atoms with Gasteiger partial charge in [0.1, 0.15) is 6.10 Å². The van der Waals surface area contributed by atoms with Crippen LogP contribution in [0.25, 0.3) is 0 Å². The molecule has 2 saturated carbocycles. The molecule has 1 saturated heterocycles. The minimum atomic E-state index is -0.779. The highest BCUT2D eigenvalue weighted by atomic mass is 16.7. The van der Waals surface area contributed by atoms with E-state index in [1.165, 1.54) is 24.0 Å². The van der Waals surface area contributed by atoms with Gasteiger partial charge in [-0.1, -0.05) is 6.07 Å². The number of piperidine rings is 1. The third kappa shape index (κ3) is 2.07. The van der Waals surface area contributed by atoms with Gasteiger partial charge in [0.25, 0.3) is 0 Å². The molecule has 2 unspecified atom stereocenters. The molecule has 0 aromatic heterocycles. The zero-order valence-corrected chi connectivity index (χ0v) is 16.5. The summed E-state index contributed by atoms with van der Waals surface area (Å²) >= 11 is 0. The molecular formula is C22H30N2O4. The molecular weight excluding hydrogens is 356 g/mol. The Morgan fingerprint density at radius 1 is 1.29 bits per heavy atom. The van der Waals surface area contributed by atoms with Crippen LogP contribution in [0.2, 0.25) is 0 Å². The predicted octanol–water partition coefficient (Wildman–Crippen LogP) is 1.56. The number of nitrogens with two attached hydrogens (primary N) is 1.